The number of benzene rings is 12. The maximum atomic E-state index is 8.16. The minimum atomic E-state index is -0.233. The van der Waals surface area contributed by atoms with Crippen LogP contribution in [0, 0.1) is 0 Å². The lowest BCUT2D eigenvalue weighted by molar-refractivity contribution is 0.568. The third-order valence-electron chi connectivity index (χ3n) is 25.3. The van der Waals surface area contributed by atoms with E-state index in [0.29, 0.717) is 5.02 Å². The number of nitrogens with zero attached hydrogens (tertiary/aromatic N) is 8. The third-order valence-corrected chi connectivity index (χ3v) is 28.5. The Morgan fingerprint density at radius 1 is 0.269 bits per heavy atom. The van der Waals surface area contributed by atoms with Gasteiger partial charge in [-0.25, -0.2) is 9.97 Å². The first-order valence-corrected chi connectivity index (χ1v) is 48.6. The summed E-state index contributed by atoms with van der Waals surface area (Å²) in [5, 5.41) is 5.06. The number of rotatable bonds is 14. The Balaban J connectivity index is 0.000000199. The maximum absolute atomic E-state index is 8.16. The largest absolute Gasteiger partial charge is 0.311 e. The lowest BCUT2D eigenvalue weighted by Crippen LogP contribution is -2.60. The highest BCUT2D eigenvalue weighted by Crippen LogP contribution is 2.55. The Kier molecular flexibility index (Phi) is 25.0. The molecule has 2 aliphatic rings. The molecule has 0 atom stereocenters. The number of hydrogen-bond donors (Lipinski definition) is 0. The van der Waals surface area contributed by atoms with Crippen LogP contribution in [-0.4, -0.2) is 16.7 Å². The number of fused-ring (bicyclic) bond motifs is 4. The van der Waals surface area contributed by atoms with Gasteiger partial charge in [0.05, 0.1) is 21.4 Å². The van der Waals surface area contributed by atoms with Crippen LogP contribution in [0.5, 0.6) is 0 Å². The number of para-hydroxylation sites is 4. The van der Waals surface area contributed by atoms with E-state index in [9.17, 15) is 0 Å². The highest BCUT2D eigenvalue weighted by Gasteiger charge is 2.48. The van der Waals surface area contributed by atoms with Crippen molar-refractivity contribution in [3.8, 4) is 0 Å². The predicted molar refractivity (Wildman–Crippen MR) is 569 cm³/mol. The summed E-state index contributed by atoms with van der Waals surface area (Å²) in [6.45, 7) is 69.0. The van der Waals surface area contributed by atoms with Crippen molar-refractivity contribution < 1.29 is 0 Å². The van der Waals surface area contributed by atoms with Crippen molar-refractivity contribution in [3.63, 3.8) is 0 Å². The SMILES string of the molecule is CC(C)(C)c1ccc(N(c2cccc(N(c3ccccc3)c3ccccc3)c2)c2cc(C(C)(C)C)cc(N(c3cc(C(C)(C)C)cc(C(C)(C)C)c3)c3csc(C(C)(C)C)n3)c2Cl)cc1.CC(C)(C)c1ccc(N2c3cc(N(c4ccccc4)c4ccccc4)ccc3B3c4sc(C(C)(C)C)nc4N(c4cc(C(C)(C)C)cc(C(C)(C)C)c4)c4cc(C(C)(C)C)cc2c43)cc1. The maximum Gasteiger partial charge on any atom is 0.266 e. The van der Waals surface area contributed by atoms with E-state index in [1.807, 2.05) is 11.3 Å². The van der Waals surface area contributed by atoms with Crippen molar-refractivity contribution in [3.05, 3.63) is 338 Å². The molecule has 0 aliphatic carbocycles. The Morgan fingerprint density at radius 2 is 0.623 bits per heavy atom. The van der Waals surface area contributed by atoms with Gasteiger partial charge in [-0.2, -0.15) is 0 Å². The van der Waals surface area contributed by atoms with Crippen LogP contribution in [0.25, 0.3) is 0 Å². The quantitative estimate of drug-likeness (QED) is 0.0998. The zero-order valence-electron chi connectivity index (χ0n) is 82.9. The molecule has 0 saturated carbocycles. The van der Waals surface area contributed by atoms with E-state index in [1.54, 1.807) is 11.3 Å². The van der Waals surface area contributed by atoms with Crippen LogP contribution in [0.3, 0.4) is 0 Å². The van der Waals surface area contributed by atoms with E-state index in [4.69, 9.17) is 21.6 Å². The van der Waals surface area contributed by atoms with E-state index in [1.165, 1.54) is 77.4 Å². The van der Waals surface area contributed by atoms with Crippen LogP contribution < -0.4 is 45.1 Å². The van der Waals surface area contributed by atoms with Crippen molar-refractivity contribution in [2.45, 2.75) is 262 Å². The molecule has 4 heterocycles. The van der Waals surface area contributed by atoms with Crippen molar-refractivity contribution in [1.82, 2.24) is 9.97 Å². The Hall–Kier alpha value is -10.9. The third kappa shape index (κ3) is 19.4. The van der Waals surface area contributed by atoms with E-state index in [-0.39, 0.29) is 60.9 Å². The second-order valence-corrected chi connectivity index (χ2v) is 48.4. The van der Waals surface area contributed by atoms with Crippen LogP contribution in [0.1, 0.15) is 262 Å². The van der Waals surface area contributed by atoms with Gasteiger partial charge >= 0.3 is 0 Å². The molecule has 8 nitrogen and oxygen atoms in total. The number of anilines is 18. The number of thiazole rings is 2. The summed E-state index contributed by atoms with van der Waals surface area (Å²) in [6, 6.07) is 101. The van der Waals surface area contributed by atoms with Gasteiger partial charge in [-0.15, -0.1) is 22.7 Å². The molecule has 0 N–H and O–H groups in total. The van der Waals surface area contributed by atoms with Gasteiger partial charge in [0.2, 0.25) is 0 Å². The van der Waals surface area contributed by atoms with Gasteiger partial charge < -0.3 is 19.6 Å². The van der Waals surface area contributed by atoms with Crippen molar-refractivity contribution in [1.29, 1.82) is 0 Å². The summed E-state index contributed by atoms with van der Waals surface area (Å²) in [7, 11) is 0. The van der Waals surface area contributed by atoms with E-state index >= 15 is 0 Å². The highest BCUT2D eigenvalue weighted by molar-refractivity contribution is 7.29. The van der Waals surface area contributed by atoms with Gasteiger partial charge in [0, 0.05) is 101 Å². The van der Waals surface area contributed by atoms with Crippen LogP contribution in [-0.2, 0) is 54.1 Å². The minimum Gasteiger partial charge on any atom is -0.311 e. The van der Waals surface area contributed by atoms with E-state index in [2.05, 4.69) is 515 Å². The Morgan fingerprint density at radius 3 is 1.04 bits per heavy atom. The van der Waals surface area contributed by atoms with Gasteiger partial charge in [-0.05, 0) is 250 Å². The molecule has 0 spiro atoms. The first-order valence-electron chi connectivity index (χ1n) is 46.5. The lowest BCUT2D eigenvalue weighted by atomic mass is 9.36. The number of halogens is 1. The molecular formula is C118H136BClN8S2. The zero-order chi connectivity index (χ0) is 93.9. The molecule has 130 heavy (non-hydrogen) atoms. The summed E-state index contributed by atoms with van der Waals surface area (Å²) in [6.07, 6.45) is 0. The van der Waals surface area contributed by atoms with Crippen molar-refractivity contribution in [2.24, 2.45) is 0 Å². The molecule has 670 valence electrons. The Bertz CT molecular complexity index is 6260. The average Bonchev–Trinajstić information content (AvgIpc) is 1.24. The first kappa shape index (κ1) is 93.7. The van der Waals surface area contributed by atoms with Crippen LogP contribution in [0.2, 0.25) is 5.02 Å². The van der Waals surface area contributed by atoms with Crippen LogP contribution >= 0.6 is 34.3 Å². The van der Waals surface area contributed by atoms with Crippen LogP contribution in [0.4, 0.5) is 103 Å². The molecule has 2 aromatic heterocycles. The van der Waals surface area contributed by atoms with Gasteiger partial charge in [-0.3, -0.25) is 9.80 Å². The first-order chi connectivity index (χ1) is 60.7. The average molecular weight is 1780 g/mol. The summed E-state index contributed by atoms with van der Waals surface area (Å²) in [4.78, 5) is 25.7. The summed E-state index contributed by atoms with van der Waals surface area (Å²) >= 11 is 11.8. The van der Waals surface area contributed by atoms with Gasteiger partial charge in [0.1, 0.15) is 16.6 Å². The predicted octanol–water partition coefficient (Wildman–Crippen LogP) is 33.9. The fraction of sp³-hybridized carbons (Fsp3) is 0.339. The molecule has 16 rings (SSSR count). The summed E-state index contributed by atoms with van der Waals surface area (Å²) < 4.78 is 1.30. The fourth-order valence-corrected chi connectivity index (χ4v) is 19.7. The molecule has 0 unspecified atom stereocenters. The topological polar surface area (TPSA) is 45.2 Å². The molecule has 0 bridgehead atoms. The van der Waals surface area contributed by atoms with Gasteiger partial charge in [0.25, 0.3) is 6.71 Å². The van der Waals surface area contributed by atoms with Crippen molar-refractivity contribution >= 4 is 159 Å². The molecule has 0 radical (unpaired) electrons. The van der Waals surface area contributed by atoms with Crippen LogP contribution in [0.15, 0.2) is 278 Å². The van der Waals surface area contributed by atoms with Gasteiger partial charge in [-0.1, -0.05) is 341 Å². The van der Waals surface area contributed by atoms with E-state index in [0.717, 1.165) is 95.5 Å². The monoisotopic (exact) mass is 1780 g/mol. The standard InChI is InChI=1S/C59H67BN4S.C59H69ClN4S/c1-55(2,3)38-26-28-44(29-27-38)63-48-37-45(62(42-22-18-16-19-23-42)43-24-20-17-21-25-43)30-31-47(48)60-51-49(63)35-41(58(10,11)12)36-50(51)64(53-52(60)65-54(61-53)59(13,14)15)46-33-39(56(4,5)6)32-40(34-46)57(7,8)9;1-55(2,3)40-29-31-46(32-30-40)63(48-28-22-27-47(38-48)62(44-23-18-16-19-24-44)45-25-20-17-21-26-45)50-36-43(58(10,11)12)37-51(53(50)60)64(52-39-65-54(61-52)59(13,14)15)49-34-41(56(4,5)6)33-42(35-49)57(7,8)9/h16-37H,1-15H3;16-39H,1-15H3. The molecule has 14 aromatic rings. The summed E-state index contributed by atoms with van der Waals surface area (Å²) in [5.74, 6) is 1.91. The highest BCUT2D eigenvalue weighted by atomic mass is 35.5. The molecule has 0 fully saturated rings. The molecule has 0 amide bonds. The lowest BCUT2D eigenvalue weighted by Gasteiger charge is -2.44. The normalized spacial score (nSPS) is 13.3. The molecule has 0 saturated heterocycles. The molecule has 12 aromatic carbocycles. The van der Waals surface area contributed by atoms with Crippen molar-refractivity contribution in [2.75, 3.05) is 29.4 Å². The molecule has 12 heteroatoms. The molecule has 2 aliphatic heterocycles. The molecular weight excluding hydrogens is 1640 g/mol. The van der Waals surface area contributed by atoms with Gasteiger partial charge in [0.15, 0.2) is 0 Å². The number of hydrogen-bond acceptors (Lipinski definition) is 10. The summed E-state index contributed by atoms with van der Waals surface area (Å²) in [5.41, 5.74) is 29.2. The minimum absolute atomic E-state index is 0.0143. The smallest absolute Gasteiger partial charge is 0.266 e. The fourth-order valence-electron chi connectivity index (χ4n) is 17.3. The second kappa shape index (κ2) is 34.7. The van der Waals surface area contributed by atoms with E-state index < -0.39 is 0 Å². The number of aromatic nitrogens is 2. The Labute approximate surface area is 792 Å². The second-order valence-electron chi connectivity index (χ2n) is 46.2. The zero-order valence-corrected chi connectivity index (χ0v) is 85.3.